The Labute approximate surface area is 213 Å². The zero-order valence-electron chi connectivity index (χ0n) is 21.4. The number of allylic oxidation sites excluding steroid dienone is 3. The summed E-state index contributed by atoms with van der Waals surface area (Å²) in [6.07, 6.45) is 15.0. The van der Waals surface area contributed by atoms with Gasteiger partial charge in [-0.25, -0.2) is 0 Å². The lowest BCUT2D eigenvalue weighted by atomic mass is 9.91. The van der Waals surface area contributed by atoms with E-state index in [-0.39, 0.29) is 26.8 Å². The van der Waals surface area contributed by atoms with Crippen molar-refractivity contribution in [2.24, 2.45) is 5.92 Å². The summed E-state index contributed by atoms with van der Waals surface area (Å²) < 4.78 is 0. The number of likely N-dealkylation sites (tertiary alicyclic amines) is 2. The number of rotatable bonds is 8. The van der Waals surface area contributed by atoms with Crippen molar-refractivity contribution in [1.29, 1.82) is 0 Å². The van der Waals surface area contributed by atoms with Crippen molar-refractivity contribution < 1.29 is 12.4 Å². The van der Waals surface area contributed by atoms with Crippen LogP contribution >= 0.6 is 0 Å². The SMILES string of the molecule is CN[C@@H](C)C(=O)N[C@H](C(=O)N1CC[C@@H]2CCCCN(CCC3=CCCC=C3)C[C@H]21)c1ccccc1.[HH].[HH]. The summed E-state index contributed by atoms with van der Waals surface area (Å²) in [4.78, 5) is 31.5. The first kappa shape index (κ1) is 25.6. The predicted octanol–water partition coefficient (Wildman–Crippen LogP) is 4.31. The smallest absolute Gasteiger partial charge is 0.250 e. The highest BCUT2D eigenvalue weighted by atomic mass is 16.2. The largest absolute Gasteiger partial charge is 0.339 e. The second-order valence-corrected chi connectivity index (χ2v) is 10.3. The van der Waals surface area contributed by atoms with E-state index in [1.807, 2.05) is 37.3 Å². The molecule has 194 valence electrons. The fourth-order valence-electron chi connectivity index (χ4n) is 5.71. The topological polar surface area (TPSA) is 64.7 Å². The normalized spacial score (nSPS) is 24.6. The highest BCUT2D eigenvalue weighted by molar-refractivity contribution is 5.90. The Hall–Kier alpha value is -2.44. The minimum atomic E-state index is -0.658. The van der Waals surface area contributed by atoms with Crippen LogP contribution in [0.1, 0.15) is 66.3 Å². The Bertz CT molecular complexity index is 924. The Morgan fingerprint density at radius 3 is 2.69 bits per heavy atom. The van der Waals surface area contributed by atoms with Crippen LogP contribution in [0.15, 0.2) is 54.1 Å². The molecule has 6 heteroatoms. The molecule has 0 aromatic heterocycles. The number of amides is 2. The van der Waals surface area contributed by atoms with Gasteiger partial charge < -0.3 is 20.4 Å². The number of benzene rings is 1. The molecule has 1 aromatic rings. The molecule has 1 aromatic carbocycles. The van der Waals surface area contributed by atoms with Crippen molar-refractivity contribution in [1.82, 2.24) is 20.4 Å². The van der Waals surface area contributed by atoms with E-state index in [0.29, 0.717) is 5.92 Å². The first-order valence-corrected chi connectivity index (χ1v) is 13.5. The fraction of sp³-hybridized carbons (Fsp3) is 0.586. The second kappa shape index (κ2) is 12.5. The molecule has 6 nitrogen and oxygen atoms in total. The molecule has 3 aliphatic rings. The van der Waals surface area contributed by atoms with Crippen molar-refractivity contribution in [2.45, 2.75) is 70.0 Å². The molecule has 2 heterocycles. The minimum absolute atomic E-state index is 0. The predicted molar refractivity (Wildman–Crippen MR) is 145 cm³/mol. The fourth-order valence-corrected chi connectivity index (χ4v) is 5.71. The maximum Gasteiger partial charge on any atom is 0.250 e. The molecule has 0 bridgehead atoms. The highest BCUT2D eigenvalue weighted by Gasteiger charge is 2.41. The van der Waals surface area contributed by atoms with Crippen molar-refractivity contribution >= 4 is 11.8 Å². The number of nitrogens with zero attached hydrogens (tertiary/aromatic N) is 2. The second-order valence-electron chi connectivity index (χ2n) is 10.3. The quantitative estimate of drug-likeness (QED) is 0.579. The van der Waals surface area contributed by atoms with E-state index in [2.05, 4.69) is 38.7 Å². The molecular weight excluding hydrogens is 436 g/mol. The van der Waals surface area contributed by atoms with Gasteiger partial charge in [0.1, 0.15) is 6.04 Å². The number of hydrogen-bond acceptors (Lipinski definition) is 4. The molecule has 2 saturated heterocycles. The van der Waals surface area contributed by atoms with Crippen LogP contribution in [0.25, 0.3) is 0 Å². The Kier molecular flexibility index (Phi) is 9.16. The van der Waals surface area contributed by atoms with E-state index >= 15 is 0 Å². The monoisotopic (exact) mass is 482 g/mol. The van der Waals surface area contributed by atoms with Crippen LogP contribution in [-0.2, 0) is 9.59 Å². The average Bonchev–Trinajstić information content (AvgIpc) is 3.27. The van der Waals surface area contributed by atoms with Gasteiger partial charge in [-0.3, -0.25) is 9.59 Å². The maximum atomic E-state index is 14.0. The van der Waals surface area contributed by atoms with Crippen LogP contribution in [0.3, 0.4) is 0 Å². The number of fused-ring (bicyclic) bond motifs is 1. The van der Waals surface area contributed by atoms with Crippen LogP contribution in [-0.4, -0.2) is 66.9 Å². The number of likely N-dealkylation sites (N-methyl/N-ethyl adjacent to an activating group) is 1. The van der Waals surface area contributed by atoms with Crippen LogP contribution in [0.2, 0.25) is 0 Å². The van der Waals surface area contributed by atoms with Gasteiger partial charge in [0.15, 0.2) is 0 Å². The third-order valence-electron chi connectivity index (χ3n) is 7.99. The molecule has 4 atom stereocenters. The summed E-state index contributed by atoms with van der Waals surface area (Å²) in [6, 6.07) is 8.88. The summed E-state index contributed by atoms with van der Waals surface area (Å²) in [5.41, 5.74) is 2.29. The number of carbonyl (C=O) groups is 2. The number of nitrogens with one attached hydrogen (secondary N) is 2. The van der Waals surface area contributed by atoms with Crippen molar-refractivity contribution in [3.8, 4) is 0 Å². The zero-order chi connectivity index (χ0) is 24.6. The van der Waals surface area contributed by atoms with Gasteiger partial charge in [-0.05, 0) is 70.5 Å². The summed E-state index contributed by atoms with van der Waals surface area (Å²) in [5.74, 6) is 0.413. The lowest BCUT2D eigenvalue weighted by Gasteiger charge is -2.37. The van der Waals surface area contributed by atoms with Gasteiger partial charge >= 0.3 is 0 Å². The van der Waals surface area contributed by atoms with Crippen LogP contribution in [0.4, 0.5) is 0 Å². The van der Waals surface area contributed by atoms with E-state index in [1.165, 1.54) is 24.8 Å². The molecule has 0 radical (unpaired) electrons. The molecule has 1 aliphatic carbocycles. The van der Waals surface area contributed by atoms with E-state index in [9.17, 15) is 9.59 Å². The van der Waals surface area contributed by atoms with Crippen molar-refractivity contribution in [2.75, 3.05) is 33.2 Å². The van der Waals surface area contributed by atoms with Gasteiger partial charge in [-0.2, -0.15) is 0 Å². The molecule has 4 rings (SSSR count). The first-order chi connectivity index (χ1) is 17.1. The van der Waals surface area contributed by atoms with Crippen molar-refractivity contribution in [3.05, 3.63) is 59.7 Å². The molecular formula is C29H46N4O2. The molecule has 0 unspecified atom stereocenters. The average molecular weight is 483 g/mol. The van der Waals surface area contributed by atoms with E-state index < -0.39 is 6.04 Å². The maximum absolute atomic E-state index is 14.0. The third kappa shape index (κ3) is 6.62. The van der Waals surface area contributed by atoms with Gasteiger partial charge in [0, 0.05) is 28.5 Å². The third-order valence-corrected chi connectivity index (χ3v) is 7.99. The molecule has 2 aliphatic heterocycles. The molecule has 0 spiro atoms. The van der Waals surface area contributed by atoms with Gasteiger partial charge in [-0.15, -0.1) is 0 Å². The zero-order valence-corrected chi connectivity index (χ0v) is 21.4. The molecule has 2 amide bonds. The van der Waals surface area contributed by atoms with Crippen molar-refractivity contribution in [3.63, 3.8) is 0 Å². The molecule has 2 fully saturated rings. The lowest BCUT2D eigenvalue weighted by molar-refractivity contribution is -0.138. The van der Waals surface area contributed by atoms with Gasteiger partial charge in [-0.1, -0.05) is 60.6 Å². The van der Waals surface area contributed by atoms with Gasteiger partial charge in [0.05, 0.1) is 6.04 Å². The summed E-state index contributed by atoms with van der Waals surface area (Å²) in [7, 11) is 1.76. The number of hydrogen-bond donors (Lipinski definition) is 2. The molecule has 0 saturated carbocycles. The van der Waals surface area contributed by atoms with Crippen LogP contribution in [0, 0.1) is 5.92 Å². The molecule has 2 N–H and O–H groups in total. The van der Waals surface area contributed by atoms with E-state index in [4.69, 9.17) is 0 Å². The number of carbonyl (C=O) groups excluding carboxylic acids is 2. The summed E-state index contributed by atoms with van der Waals surface area (Å²) >= 11 is 0. The van der Waals surface area contributed by atoms with Gasteiger partial charge in [0.2, 0.25) is 11.8 Å². The Morgan fingerprint density at radius 1 is 1.11 bits per heavy atom. The standard InChI is InChI=1S/C29H42N4O2.2H2/c1-22(30-2)28(34)31-27(25-14-7-4-8-15-25)29(35)33-20-17-24-13-9-10-18-32(21-26(24)33)19-16-23-11-5-3-6-12-23;;/h4-5,7-8,11-12,14-15,22,24,26-27,30H,3,6,9-10,13,16-21H2,1-2H3,(H,31,34);2*1H/t22-,24-,26+,27-;;/m0../s1. The van der Waals surface area contributed by atoms with Gasteiger partial charge in [0.25, 0.3) is 0 Å². The Balaban J connectivity index is 0.00000241. The Morgan fingerprint density at radius 2 is 1.94 bits per heavy atom. The molecule has 35 heavy (non-hydrogen) atoms. The highest BCUT2D eigenvalue weighted by Crippen LogP contribution is 2.33. The first-order valence-electron chi connectivity index (χ1n) is 13.5. The van der Waals surface area contributed by atoms with Crippen LogP contribution in [0.5, 0.6) is 0 Å². The summed E-state index contributed by atoms with van der Waals surface area (Å²) in [5, 5.41) is 6.03. The van der Waals surface area contributed by atoms with E-state index in [1.54, 1.807) is 7.05 Å². The van der Waals surface area contributed by atoms with Crippen LogP contribution < -0.4 is 10.6 Å². The minimum Gasteiger partial charge on any atom is -0.339 e. The lowest BCUT2D eigenvalue weighted by Crippen LogP contribution is -2.52. The summed E-state index contributed by atoms with van der Waals surface area (Å²) in [6.45, 7) is 5.66. The van der Waals surface area contributed by atoms with E-state index in [0.717, 1.165) is 57.4 Å².